The molecule has 6 heteroatoms. The molecule has 1 amide bonds. The summed E-state index contributed by atoms with van der Waals surface area (Å²) in [5.41, 5.74) is 0.671. The zero-order chi connectivity index (χ0) is 15.1. The summed E-state index contributed by atoms with van der Waals surface area (Å²) >= 11 is 1.32. The number of fused-ring (bicyclic) bond motifs is 1. The highest BCUT2D eigenvalue weighted by atomic mass is 32.1. The first kappa shape index (κ1) is 14.3. The van der Waals surface area contributed by atoms with E-state index in [0.29, 0.717) is 20.9 Å². The van der Waals surface area contributed by atoms with Gasteiger partial charge in [-0.25, -0.2) is 4.98 Å². The van der Waals surface area contributed by atoms with Crippen molar-refractivity contribution in [2.24, 2.45) is 7.05 Å². The van der Waals surface area contributed by atoms with E-state index < -0.39 is 0 Å². The summed E-state index contributed by atoms with van der Waals surface area (Å²) < 4.78 is 1.53. The maximum Gasteiger partial charge on any atom is 0.262 e. The number of thiophene rings is 1. The van der Waals surface area contributed by atoms with Gasteiger partial charge in [-0.1, -0.05) is 12.8 Å². The van der Waals surface area contributed by atoms with E-state index >= 15 is 0 Å². The van der Waals surface area contributed by atoms with Crippen LogP contribution in [0.25, 0.3) is 10.2 Å². The lowest BCUT2D eigenvalue weighted by Gasteiger charge is -2.10. The number of hydrogen-bond donors (Lipinski definition) is 1. The lowest BCUT2D eigenvalue weighted by atomic mass is 10.2. The molecule has 1 N–H and O–H groups in total. The van der Waals surface area contributed by atoms with Crippen molar-refractivity contribution in [1.29, 1.82) is 0 Å². The molecule has 0 spiro atoms. The number of rotatable bonds is 2. The molecule has 1 saturated carbocycles. The normalized spacial score (nSPS) is 15.8. The summed E-state index contributed by atoms with van der Waals surface area (Å²) in [5, 5.41) is 3.65. The molecule has 1 aliphatic carbocycles. The number of hydrogen-bond acceptors (Lipinski definition) is 4. The Kier molecular flexibility index (Phi) is 3.57. The zero-order valence-corrected chi connectivity index (χ0v) is 13.3. The Balaban J connectivity index is 2.03. The fraction of sp³-hybridized carbons (Fsp3) is 0.533. The van der Waals surface area contributed by atoms with Crippen molar-refractivity contribution in [2.45, 2.75) is 45.6 Å². The molecule has 0 radical (unpaired) electrons. The predicted octanol–water partition coefficient (Wildman–Crippen LogP) is 2.28. The van der Waals surface area contributed by atoms with Gasteiger partial charge in [0, 0.05) is 13.1 Å². The molecule has 112 valence electrons. The van der Waals surface area contributed by atoms with Gasteiger partial charge in [0.25, 0.3) is 11.5 Å². The Morgan fingerprint density at radius 2 is 2.00 bits per heavy atom. The smallest absolute Gasteiger partial charge is 0.262 e. The molecule has 2 aromatic heterocycles. The second-order valence-electron chi connectivity index (χ2n) is 5.71. The molecule has 0 aliphatic heterocycles. The van der Waals surface area contributed by atoms with E-state index in [0.717, 1.165) is 18.4 Å². The van der Waals surface area contributed by atoms with Gasteiger partial charge in [-0.05, 0) is 32.3 Å². The van der Waals surface area contributed by atoms with Gasteiger partial charge in [0.2, 0.25) is 0 Å². The molecule has 21 heavy (non-hydrogen) atoms. The van der Waals surface area contributed by atoms with Crippen LogP contribution < -0.4 is 10.9 Å². The first-order valence-electron chi connectivity index (χ1n) is 7.26. The average Bonchev–Trinajstić information content (AvgIpc) is 3.04. The molecule has 5 nitrogen and oxygen atoms in total. The fourth-order valence-corrected chi connectivity index (χ4v) is 4.02. The summed E-state index contributed by atoms with van der Waals surface area (Å²) in [5.74, 6) is 0.596. The third-order valence-electron chi connectivity index (χ3n) is 4.29. The number of nitrogens with zero attached hydrogens (tertiary/aromatic N) is 2. The third kappa shape index (κ3) is 2.37. The van der Waals surface area contributed by atoms with Crippen LogP contribution >= 0.6 is 11.3 Å². The van der Waals surface area contributed by atoms with Crippen LogP contribution in [0, 0.1) is 13.8 Å². The van der Waals surface area contributed by atoms with Gasteiger partial charge in [-0.15, -0.1) is 11.3 Å². The molecule has 2 aromatic rings. The van der Waals surface area contributed by atoms with Crippen LogP contribution in [0.1, 0.15) is 46.7 Å². The van der Waals surface area contributed by atoms with E-state index in [2.05, 4.69) is 10.3 Å². The minimum Gasteiger partial charge on any atom is -0.349 e. The average molecular weight is 305 g/mol. The SMILES string of the molecule is Cc1c(C(=O)NC2CCCC2)sc2nc(C)n(C)c(=O)c12. The van der Waals surface area contributed by atoms with Crippen molar-refractivity contribution in [2.75, 3.05) is 0 Å². The highest BCUT2D eigenvalue weighted by Gasteiger charge is 2.23. The number of carbonyl (C=O) groups excluding carboxylic acids is 1. The van der Waals surface area contributed by atoms with E-state index in [1.54, 1.807) is 14.0 Å². The number of carbonyl (C=O) groups is 1. The predicted molar refractivity (Wildman–Crippen MR) is 84.1 cm³/mol. The van der Waals surface area contributed by atoms with Crippen LogP contribution in [0.4, 0.5) is 0 Å². The van der Waals surface area contributed by atoms with Crippen molar-refractivity contribution in [1.82, 2.24) is 14.9 Å². The van der Waals surface area contributed by atoms with Crippen molar-refractivity contribution >= 4 is 27.5 Å². The van der Waals surface area contributed by atoms with Crippen LogP contribution in [-0.4, -0.2) is 21.5 Å². The van der Waals surface area contributed by atoms with Crippen molar-refractivity contribution in [3.8, 4) is 0 Å². The molecule has 0 unspecified atom stereocenters. The molecule has 0 atom stereocenters. The van der Waals surface area contributed by atoms with Gasteiger partial charge in [0.1, 0.15) is 10.7 Å². The van der Waals surface area contributed by atoms with Gasteiger partial charge in [0.05, 0.1) is 10.3 Å². The Morgan fingerprint density at radius 1 is 1.33 bits per heavy atom. The van der Waals surface area contributed by atoms with Gasteiger partial charge in [0.15, 0.2) is 0 Å². The van der Waals surface area contributed by atoms with E-state index in [1.165, 1.54) is 28.7 Å². The summed E-state index contributed by atoms with van der Waals surface area (Å²) in [6.45, 7) is 3.63. The maximum atomic E-state index is 12.4. The number of amides is 1. The molecule has 2 heterocycles. The molecular formula is C15H19N3O2S. The number of aryl methyl sites for hydroxylation is 2. The molecule has 0 bridgehead atoms. The standard InChI is InChI=1S/C15H19N3O2S/c1-8-11-14(16-9(2)18(3)15(11)20)21-12(8)13(19)17-10-6-4-5-7-10/h10H,4-7H2,1-3H3,(H,17,19). The molecule has 0 saturated heterocycles. The minimum absolute atomic E-state index is 0.0675. The maximum absolute atomic E-state index is 12.4. The summed E-state index contributed by atoms with van der Waals surface area (Å²) in [6.07, 6.45) is 4.46. The van der Waals surface area contributed by atoms with Crippen LogP contribution in [0.2, 0.25) is 0 Å². The van der Waals surface area contributed by atoms with Gasteiger partial charge >= 0.3 is 0 Å². The quantitative estimate of drug-likeness (QED) is 0.926. The lowest BCUT2D eigenvalue weighted by molar-refractivity contribution is 0.0941. The lowest BCUT2D eigenvalue weighted by Crippen LogP contribution is -2.32. The van der Waals surface area contributed by atoms with Gasteiger partial charge in [-0.3, -0.25) is 14.2 Å². The molecule has 3 rings (SSSR count). The molecule has 0 aromatic carbocycles. The first-order valence-corrected chi connectivity index (χ1v) is 8.08. The minimum atomic E-state index is -0.0776. The summed E-state index contributed by atoms with van der Waals surface area (Å²) in [4.78, 5) is 30.5. The highest BCUT2D eigenvalue weighted by molar-refractivity contribution is 7.20. The zero-order valence-electron chi connectivity index (χ0n) is 12.5. The first-order chi connectivity index (χ1) is 9.99. The number of nitrogens with one attached hydrogen (secondary N) is 1. The largest absolute Gasteiger partial charge is 0.349 e. The van der Waals surface area contributed by atoms with Crippen LogP contribution in [-0.2, 0) is 7.05 Å². The monoisotopic (exact) mass is 305 g/mol. The van der Waals surface area contributed by atoms with E-state index in [4.69, 9.17) is 0 Å². The Morgan fingerprint density at radius 3 is 2.67 bits per heavy atom. The second kappa shape index (κ2) is 5.26. The van der Waals surface area contributed by atoms with Crippen molar-refractivity contribution < 1.29 is 4.79 Å². The Labute approximate surface area is 127 Å². The molecular weight excluding hydrogens is 286 g/mol. The summed E-state index contributed by atoms with van der Waals surface area (Å²) in [7, 11) is 1.71. The van der Waals surface area contributed by atoms with Crippen LogP contribution in [0.3, 0.4) is 0 Å². The second-order valence-corrected chi connectivity index (χ2v) is 6.71. The van der Waals surface area contributed by atoms with E-state index in [1.807, 2.05) is 6.92 Å². The number of aromatic nitrogens is 2. The van der Waals surface area contributed by atoms with Crippen LogP contribution in [0.5, 0.6) is 0 Å². The van der Waals surface area contributed by atoms with Gasteiger partial charge < -0.3 is 5.32 Å². The van der Waals surface area contributed by atoms with E-state index in [9.17, 15) is 9.59 Å². The molecule has 1 fully saturated rings. The topological polar surface area (TPSA) is 64.0 Å². The van der Waals surface area contributed by atoms with Gasteiger partial charge in [-0.2, -0.15) is 0 Å². The summed E-state index contributed by atoms with van der Waals surface area (Å²) in [6, 6.07) is 0.277. The third-order valence-corrected chi connectivity index (χ3v) is 5.48. The van der Waals surface area contributed by atoms with Crippen molar-refractivity contribution in [3.05, 3.63) is 26.6 Å². The highest BCUT2D eigenvalue weighted by Crippen LogP contribution is 2.28. The fourth-order valence-electron chi connectivity index (χ4n) is 2.90. The molecule has 1 aliphatic rings. The van der Waals surface area contributed by atoms with E-state index in [-0.39, 0.29) is 17.5 Å². The van der Waals surface area contributed by atoms with Crippen LogP contribution in [0.15, 0.2) is 4.79 Å². The Hall–Kier alpha value is -1.69. The van der Waals surface area contributed by atoms with Crippen molar-refractivity contribution in [3.63, 3.8) is 0 Å². The Bertz CT molecular complexity index is 769.